The number of para-hydroxylation sites is 1. The first-order valence-corrected chi connectivity index (χ1v) is 9.92. The van der Waals surface area contributed by atoms with Gasteiger partial charge >= 0.3 is 5.97 Å². The molecule has 2 aromatic rings. The first kappa shape index (κ1) is 18.1. The van der Waals surface area contributed by atoms with Gasteiger partial charge < -0.3 is 15.0 Å². The molecule has 1 saturated heterocycles. The predicted octanol–water partition coefficient (Wildman–Crippen LogP) is 1.63. The molecule has 1 fully saturated rings. The molecule has 1 atom stereocenters. The zero-order valence-corrected chi connectivity index (χ0v) is 15.4. The van der Waals surface area contributed by atoms with Crippen LogP contribution in [0.1, 0.15) is 16.8 Å². The summed E-state index contributed by atoms with van der Waals surface area (Å²) in [7, 11) is 0.121. The highest BCUT2D eigenvalue weighted by molar-refractivity contribution is 7.91. The van der Waals surface area contributed by atoms with Crippen LogP contribution in [0, 0.1) is 0 Å². The third kappa shape index (κ3) is 3.93. The molecule has 0 radical (unpaired) electrons. The standard InChI is InChI=1S/C17H20N4O4S/c1-21(12-8-10-26(23,24)11-12)17-18-9-7-15(20-17)19-14-6-4-3-5-13(14)16(22)25-2/h3-7,9,12H,8,10-11H2,1-2H3,(H,18,19,20). The van der Waals surface area contributed by atoms with Crippen molar-refractivity contribution in [3.05, 3.63) is 42.1 Å². The Balaban J connectivity index is 1.81. The Morgan fingerprint density at radius 3 is 2.77 bits per heavy atom. The molecule has 0 saturated carbocycles. The van der Waals surface area contributed by atoms with Gasteiger partial charge in [-0.1, -0.05) is 12.1 Å². The van der Waals surface area contributed by atoms with E-state index in [1.165, 1.54) is 7.11 Å². The number of hydrogen-bond acceptors (Lipinski definition) is 8. The zero-order valence-electron chi connectivity index (χ0n) is 14.5. The Morgan fingerprint density at radius 2 is 2.08 bits per heavy atom. The van der Waals surface area contributed by atoms with E-state index < -0.39 is 15.8 Å². The minimum atomic E-state index is -2.99. The number of aromatic nitrogens is 2. The number of sulfone groups is 1. The molecule has 1 unspecified atom stereocenters. The van der Waals surface area contributed by atoms with Gasteiger partial charge in [-0.2, -0.15) is 4.98 Å². The van der Waals surface area contributed by atoms with Gasteiger partial charge in [0.1, 0.15) is 5.82 Å². The van der Waals surface area contributed by atoms with Gasteiger partial charge in [-0.15, -0.1) is 0 Å². The van der Waals surface area contributed by atoms with Crippen LogP contribution in [0.4, 0.5) is 17.5 Å². The fourth-order valence-electron chi connectivity index (χ4n) is 2.85. The third-order valence-electron chi connectivity index (χ3n) is 4.31. The first-order chi connectivity index (χ1) is 12.4. The number of anilines is 3. The summed E-state index contributed by atoms with van der Waals surface area (Å²) in [6, 6.07) is 8.49. The van der Waals surface area contributed by atoms with E-state index in [4.69, 9.17) is 4.74 Å². The average Bonchev–Trinajstić information content (AvgIpc) is 3.01. The number of benzene rings is 1. The largest absolute Gasteiger partial charge is 0.465 e. The van der Waals surface area contributed by atoms with Crippen molar-refractivity contribution in [3.63, 3.8) is 0 Å². The Morgan fingerprint density at radius 1 is 1.31 bits per heavy atom. The summed E-state index contributed by atoms with van der Waals surface area (Å²) in [6.07, 6.45) is 2.15. The van der Waals surface area contributed by atoms with E-state index in [0.717, 1.165) is 0 Å². The van der Waals surface area contributed by atoms with Gasteiger partial charge in [0.25, 0.3) is 0 Å². The number of carbonyl (C=O) groups is 1. The van der Waals surface area contributed by atoms with E-state index in [-0.39, 0.29) is 17.5 Å². The van der Waals surface area contributed by atoms with Crippen molar-refractivity contribution < 1.29 is 17.9 Å². The highest BCUT2D eigenvalue weighted by atomic mass is 32.2. The summed E-state index contributed by atoms with van der Waals surface area (Å²) in [5.74, 6) is 0.768. The number of carbonyl (C=O) groups excluding carboxylic acids is 1. The third-order valence-corrected chi connectivity index (χ3v) is 6.06. The highest BCUT2D eigenvalue weighted by Crippen LogP contribution is 2.23. The number of ether oxygens (including phenoxy) is 1. The fraction of sp³-hybridized carbons (Fsp3) is 0.353. The summed E-state index contributed by atoms with van der Waals surface area (Å²) in [6.45, 7) is 0. The molecular formula is C17H20N4O4S. The second-order valence-electron chi connectivity index (χ2n) is 6.07. The maximum Gasteiger partial charge on any atom is 0.339 e. The molecule has 26 heavy (non-hydrogen) atoms. The lowest BCUT2D eigenvalue weighted by Gasteiger charge is -2.23. The van der Waals surface area contributed by atoms with Crippen LogP contribution in [0.15, 0.2) is 36.5 Å². The fourth-order valence-corrected chi connectivity index (χ4v) is 4.62. The number of nitrogens with zero attached hydrogens (tertiary/aromatic N) is 3. The maximum atomic E-state index is 11.9. The Hall–Kier alpha value is -2.68. The van der Waals surface area contributed by atoms with Gasteiger partial charge in [-0.05, 0) is 24.6 Å². The van der Waals surface area contributed by atoms with Crippen molar-refractivity contribution in [2.75, 3.05) is 35.9 Å². The summed E-state index contributed by atoms with van der Waals surface area (Å²) in [4.78, 5) is 22.3. The van der Waals surface area contributed by atoms with Gasteiger partial charge in [0.2, 0.25) is 5.95 Å². The lowest BCUT2D eigenvalue weighted by Crippen LogP contribution is -2.33. The molecule has 8 nitrogen and oxygen atoms in total. The van der Waals surface area contributed by atoms with E-state index in [0.29, 0.717) is 29.4 Å². The summed E-state index contributed by atoms with van der Waals surface area (Å²) in [5.41, 5.74) is 0.959. The monoisotopic (exact) mass is 376 g/mol. The van der Waals surface area contributed by atoms with Crippen LogP contribution in [0.3, 0.4) is 0 Å². The molecule has 1 aromatic heterocycles. The van der Waals surface area contributed by atoms with Crippen LogP contribution in [0.25, 0.3) is 0 Å². The molecule has 9 heteroatoms. The van der Waals surface area contributed by atoms with Crippen LogP contribution >= 0.6 is 0 Å². The lowest BCUT2D eigenvalue weighted by atomic mass is 10.2. The number of methoxy groups -OCH3 is 1. The number of rotatable bonds is 5. The van der Waals surface area contributed by atoms with Crippen molar-refractivity contribution in [3.8, 4) is 0 Å². The second-order valence-corrected chi connectivity index (χ2v) is 8.30. The quantitative estimate of drug-likeness (QED) is 0.786. The van der Waals surface area contributed by atoms with Gasteiger partial charge in [-0.3, -0.25) is 0 Å². The normalized spacial score (nSPS) is 18.3. The smallest absolute Gasteiger partial charge is 0.339 e. The first-order valence-electron chi connectivity index (χ1n) is 8.10. The molecule has 138 valence electrons. The molecule has 0 aliphatic carbocycles. The Kier molecular flexibility index (Phi) is 5.08. The van der Waals surface area contributed by atoms with Crippen molar-refractivity contribution in [2.24, 2.45) is 0 Å². The van der Waals surface area contributed by atoms with Gasteiger partial charge in [0.05, 0.1) is 29.9 Å². The molecule has 3 rings (SSSR count). The van der Waals surface area contributed by atoms with Crippen LogP contribution in [-0.4, -0.2) is 56.1 Å². The molecule has 1 N–H and O–H groups in total. The minimum Gasteiger partial charge on any atom is -0.465 e. The molecular weight excluding hydrogens is 356 g/mol. The number of esters is 1. The number of hydrogen-bond donors (Lipinski definition) is 1. The predicted molar refractivity (Wildman–Crippen MR) is 98.6 cm³/mol. The van der Waals surface area contributed by atoms with E-state index in [2.05, 4.69) is 15.3 Å². The van der Waals surface area contributed by atoms with Crippen molar-refractivity contribution in [2.45, 2.75) is 12.5 Å². The summed E-state index contributed by atoms with van der Waals surface area (Å²) in [5, 5.41) is 3.09. The number of nitrogens with one attached hydrogen (secondary N) is 1. The van der Waals surface area contributed by atoms with Crippen molar-refractivity contribution in [1.29, 1.82) is 0 Å². The van der Waals surface area contributed by atoms with E-state index in [1.807, 2.05) is 0 Å². The Bertz CT molecular complexity index is 916. The van der Waals surface area contributed by atoms with E-state index in [9.17, 15) is 13.2 Å². The van der Waals surface area contributed by atoms with Gasteiger partial charge in [0.15, 0.2) is 9.84 Å². The van der Waals surface area contributed by atoms with Crippen molar-refractivity contribution in [1.82, 2.24) is 9.97 Å². The van der Waals surface area contributed by atoms with Crippen LogP contribution < -0.4 is 10.2 Å². The van der Waals surface area contributed by atoms with Crippen LogP contribution in [-0.2, 0) is 14.6 Å². The van der Waals surface area contributed by atoms with Crippen LogP contribution in [0.2, 0.25) is 0 Å². The summed E-state index contributed by atoms with van der Waals surface area (Å²) < 4.78 is 28.2. The second kappa shape index (κ2) is 7.28. The highest BCUT2D eigenvalue weighted by Gasteiger charge is 2.31. The summed E-state index contributed by atoms with van der Waals surface area (Å²) >= 11 is 0. The van der Waals surface area contributed by atoms with E-state index >= 15 is 0 Å². The molecule has 0 amide bonds. The lowest BCUT2D eigenvalue weighted by molar-refractivity contribution is 0.0602. The topological polar surface area (TPSA) is 101 Å². The molecule has 1 aromatic carbocycles. The molecule has 0 spiro atoms. The minimum absolute atomic E-state index is 0.107. The van der Waals surface area contributed by atoms with Gasteiger partial charge in [-0.25, -0.2) is 18.2 Å². The molecule has 0 bridgehead atoms. The average molecular weight is 376 g/mol. The molecule has 1 aliphatic rings. The van der Waals surface area contributed by atoms with E-state index in [1.54, 1.807) is 48.5 Å². The van der Waals surface area contributed by atoms with Crippen LogP contribution in [0.5, 0.6) is 0 Å². The maximum absolute atomic E-state index is 11.9. The van der Waals surface area contributed by atoms with Crippen molar-refractivity contribution >= 4 is 33.3 Å². The van der Waals surface area contributed by atoms with Gasteiger partial charge in [0, 0.05) is 19.3 Å². The zero-order chi connectivity index (χ0) is 18.7. The molecule has 1 aliphatic heterocycles. The SMILES string of the molecule is COC(=O)c1ccccc1Nc1ccnc(N(C)C2CCS(=O)(=O)C2)n1. The Labute approximate surface area is 152 Å². The molecule has 2 heterocycles.